The Bertz CT molecular complexity index is 1080. The molecule has 0 radical (unpaired) electrons. The first-order valence-electron chi connectivity index (χ1n) is 8.38. The van der Waals surface area contributed by atoms with Gasteiger partial charge in [0.25, 0.3) is 0 Å². The van der Waals surface area contributed by atoms with Crippen LogP contribution in [0.3, 0.4) is 0 Å². The molecule has 28 heavy (non-hydrogen) atoms. The highest BCUT2D eigenvalue weighted by molar-refractivity contribution is 7.99. The maximum Gasteiger partial charge on any atom is 0.234 e. The molecule has 1 aromatic carbocycles. The van der Waals surface area contributed by atoms with Gasteiger partial charge in [0.15, 0.2) is 5.82 Å². The minimum atomic E-state index is -0.153. The Kier molecular flexibility index (Phi) is 5.41. The van der Waals surface area contributed by atoms with Gasteiger partial charge in [0.1, 0.15) is 0 Å². The van der Waals surface area contributed by atoms with E-state index in [0.717, 1.165) is 5.56 Å². The van der Waals surface area contributed by atoms with E-state index in [0.29, 0.717) is 21.7 Å². The van der Waals surface area contributed by atoms with Crippen LogP contribution in [0.1, 0.15) is 0 Å². The molecule has 0 aliphatic carbocycles. The number of nitrogens with one attached hydrogen (secondary N) is 1. The number of thioether (sulfide) groups is 1. The molecule has 0 saturated heterocycles. The van der Waals surface area contributed by atoms with E-state index in [1.54, 1.807) is 36.7 Å². The molecule has 1 N–H and O–H groups in total. The normalized spacial score (nSPS) is 10.8. The number of aromatic nitrogens is 5. The smallest absolute Gasteiger partial charge is 0.234 e. The maximum absolute atomic E-state index is 12.3. The van der Waals surface area contributed by atoms with Gasteiger partial charge in [-0.25, -0.2) is 4.68 Å². The second-order valence-electron chi connectivity index (χ2n) is 5.76. The van der Waals surface area contributed by atoms with Crippen LogP contribution in [0.2, 0.25) is 5.02 Å². The Morgan fingerprint density at radius 2 is 1.86 bits per heavy atom. The molecule has 0 fully saturated rings. The third-order valence-electron chi connectivity index (χ3n) is 3.81. The van der Waals surface area contributed by atoms with E-state index in [1.807, 2.05) is 46.0 Å². The Balaban J connectivity index is 1.55. The fraction of sp³-hybridized carbons (Fsp3) is 0.0526. The lowest BCUT2D eigenvalue weighted by atomic mass is 10.2. The summed E-state index contributed by atoms with van der Waals surface area (Å²) in [5.74, 6) is 0.693. The number of amides is 1. The Morgan fingerprint density at radius 3 is 2.61 bits per heavy atom. The first-order chi connectivity index (χ1) is 13.7. The zero-order valence-electron chi connectivity index (χ0n) is 14.6. The average molecular weight is 411 g/mol. The van der Waals surface area contributed by atoms with Crippen LogP contribution in [0, 0.1) is 0 Å². The van der Waals surface area contributed by atoms with Crippen LogP contribution in [0.5, 0.6) is 0 Å². The van der Waals surface area contributed by atoms with Gasteiger partial charge in [0.05, 0.1) is 5.75 Å². The van der Waals surface area contributed by atoms with Gasteiger partial charge in [-0.2, -0.15) is 0 Å². The standard InChI is InChI=1S/C19H15ClN6OS/c20-15-4-3-5-16(12-15)22-17(27)13-28-19-24-23-18(14-6-8-21-9-7-14)26(19)25-10-1-2-11-25/h1-12H,13H2,(H,22,27). The molecule has 3 aromatic heterocycles. The van der Waals surface area contributed by atoms with Crippen molar-refractivity contribution in [2.75, 3.05) is 11.1 Å². The summed E-state index contributed by atoms with van der Waals surface area (Å²) in [6.07, 6.45) is 7.19. The largest absolute Gasteiger partial charge is 0.325 e. The van der Waals surface area contributed by atoms with Gasteiger partial charge < -0.3 is 5.32 Å². The molecule has 9 heteroatoms. The Hall–Kier alpha value is -3.10. The average Bonchev–Trinajstić information content (AvgIpc) is 3.36. The quantitative estimate of drug-likeness (QED) is 0.489. The number of carbonyl (C=O) groups excluding carboxylic acids is 1. The first-order valence-corrected chi connectivity index (χ1v) is 9.75. The molecule has 140 valence electrons. The van der Waals surface area contributed by atoms with Crippen molar-refractivity contribution in [3.05, 3.63) is 78.3 Å². The molecule has 0 aliphatic heterocycles. The van der Waals surface area contributed by atoms with E-state index in [2.05, 4.69) is 20.5 Å². The maximum atomic E-state index is 12.3. The number of hydrogen-bond acceptors (Lipinski definition) is 5. The number of benzene rings is 1. The predicted octanol–water partition coefficient (Wildman–Crippen LogP) is 3.84. The van der Waals surface area contributed by atoms with E-state index < -0.39 is 0 Å². The number of hydrogen-bond donors (Lipinski definition) is 1. The summed E-state index contributed by atoms with van der Waals surface area (Å²) < 4.78 is 3.72. The number of halogens is 1. The molecule has 0 saturated carbocycles. The minimum absolute atomic E-state index is 0.153. The fourth-order valence-corrected chi connectivity index (χ4v) is 3.52. The Morgan fingerprint density at radius 1 is 1.07 bits per heavy atom. The lowest BCUT2D eigenvalue weighted by Gasteiger charge is -2.11. The van der Waals surface area contributed by atoms with Crippen LogP contribution >= 0.6 is 23.4 Å². The van der Waals surface area contributed by atoms with Crippen molar-refractivity contribution in [2.45, 2.75) is 5.16 Å². The van der Waals surface area contributed by atoms with Crippen molar-refractivity contribution >= 4 is 35.0 Å². The van der Waals surface area contributed by atoms with E-state index in [4.69, 9.17) is 11.6 Å². The highest BCUT2D eigenvalue weighted by atomic mass is 35.5. The monoisotopic (exact) mass is 410 g/mol. The number of pyridine rings is 1. The summed E-state index contributed by atoms with van der Waals surface area (Å²) in [6.45, 7) is 0. The van der Waals surface area contributed by atoms with Gasteiger partial charge in [-0.05, 0) is 42.5 Å². The first kappa shape index (κ1) is 18.3. The molecule has 4 rings (SSSR count). The molecule has 0 aliphatic rings. The fourth-order valence-electron chi connectivity index (χ4n) is 2.60. The van der Waals surface area contributed by atoms with Crippen LogP contribution < -0.4 is 5.32 Å². The van der Waals surface area contributed by atoms with Crippen LogP contribution in [0.25, 0.3) is 11.4 Å². The molecule has 3 heterocycles. The van der Waals surface area contributed by atoms with Crippen LogP contribution in [-0.2, 0) is 4.79 Å². The van der Waals surface area contributed by atoms with Gasteiger partial charge in [-0.1, -0.05) is 29.4 Å². The summed E-state index contributed by atoms with van der Waals surface area (Å²) in [7, 11) is 0. The van der Waals surface area contributed by atoms with E-state index in [9.17, 15) is 4.79 Å². The van der Waals surface area contributed by atoms with Gasteiger partial charge in [-0.15, -0.1) is 10.2 Å². The van der Waals surface area contributed by atoms with Crippen molar-refractivity contribution in [2.24, 2.45) is 0 Å². The van der Waals surface area contributed by atoms with E-state index in [-0.39, 0.29) is 11.7 Å². The molecule has 0 atom stereocenters. The van der Waals surface area contributed by atoms with E-state index >= 15 is 0 Å². The van der Waals surface area contributed by atoms with E-state index in [1.165, 1.54) is 11.8 Å². The zero-order chi connectivity index (χ0) is 19.3. The lowest BCUT2D eigenvalue weighted by Crippen LogP contribution is -2.15. The molecule has 0 spiro atoms. The van der Waals surface area contributed by atoms with Gasteiger partial charge in [-0.3, -0.25) is 14.5 Å². The highest BCUT2D eigenvalue weighted by Crippen LogP contribution is 2.24. The summed E-state index contributed by atoms with van der Waals surface area (Å²) in [4.78, 5) is 16.4. The van der Waals surface area contributed by atoms with Crippen molar-refractivity contribution < 1.29 is 4.79 Å². The summed E-state index contributed by atoms with van der Waals surface area (Å²) in [5, 5.41) is 12.6. The highest BCUT2D eigenvalue weighted by Gasteiger charge is 2.17. The second-order valence-corrected chi connectivity index (χ2v) is 7.14. The summed E-state index contributed by atoms with van der Waals surface area (Å²) >= 11 is 7.25. The predicted molar refractivity (Wildman–Crippen MR) is 109 cm³/mol. The third-order valence-corrected chi connectivity index (χ3v) is 4.97. The van der Waals surface area contributed by atoms with Crippen molar-refractivity contribution in [3.8, 4) is 11.4 Å². The van der Waals surface area contributed by atoms with Gasteiger partial charge in [0.2, 0.25) is 11.1 Å². The van der Waals surface area contributed by atoms with Gasteiger partial charge in [0, 0.05) is 41.1 Å². The molecular weight excluding hydrogens is 396 g/mol. The number of rotatable bonds is 6. The minimum Gasteiger partial charge on any atom is -0.325 e. The van der Waals surface area contributed by atoms with Crippen LogP contribution in [0.15, 0.2) is 78.5 Å². The Labute approximate surface area is 170 Å². The third kappa shape index (κ3) is 4.08. The lowest BCUT2D eigenvalue weighted by molar-refractivity contribution is -0.113. The molecule has 1 amide bonds. The molecule has 4 aromatic rings. The summed E-state index contributed by atoms with van der Waals surface area (Å²) in [5.41, 5.74) is 1.54. The van der Waals surface area contributed by atoms with Crippen LogP contribution in [0.4, 0.5) is 5.69 Å². The number of nitrogens with zero attached hydrogens (tertiary/aromatic N) is 5. The van der Waals surface area contributed by atoms with Gasteiger partial charge >= 0.3 is 0 Å². The van der Waals surface area contributed by atoms with Crippen molar-refractivity contribution in [1.29, 1.82) is 0 Å². The molecular formula is C19H15ClN6OS. The van der Waals surface area contributed by atoms with Crippen LogP contribution in [-0.4, -0.2) is 36.2 Å². The molecule has 0 bridgehead atoms. The van der Waals surface area contributed by atoms with Crippen molar-refractivity contribution in [1.82, 2.24) is 24.5 Å². The second kappa shape index (κ2) is 8.28. The number of anilines is 1. The molecule has 7 nitrogen and oxygen atoms in total. The zero-order valence-corrected chi connectivity index (χ0v) is 16.1. The topological polar surface area (TPSA) is 77.6 Å². The SMILES string of the molecule is O=C(CSc1nnc(-c2ccncc2)n1-n1cccc1)Nc1cccc(Cl)c1. The van der Waals surface area contributed by atoms with Crippen molar-refractivity contribution in [3.63, 3.8) is 0 Å². The molecule has 0 unspecified atom stereocenters. The summed E-state index contributed by atoms with van der Waals surface area (Å²) in [6, 6.07) is 14.6. The number of carbonyl (C=O) groups is 1.